The summed E-state index contributed by atoms with van der Waals surface area (Å²) < 4.78 is 7.56. The lowest BCUT2D eigenvalue weighted by Crippen LogP contribution is -2.78. The highest BCUT2D eigenvalue weighted by Gasteiger charge is 2.73. The molecule has 1 saturated heterocycles. The Morgan fingerprint density at radius 3 is 2.78 bits per heavy atom. The number of phenols is 1. The van der Waals surface area contributed by atoms with Crippen LogP contribution in [0.25, 0.3) is 0 Å². The molecule has 1 spiro atoms. The fourth-order valence-electron chi connectivity index (χ4n) is 7.97. The maximum absolute atomic E-state index is 13.5. The highest BCUT2D eigenvalue weighted by molar-refractivity contribution is 9.10. The van der Waals surface area contributed by atoms with Gasteiger partial charge in [0.25, 0.3) is 0 Å². The summed E-state index contributed by atoms with van der Waals surface area (Å²) >= 11 is 3.57. The van der Waals surface area contributed by atoms with Crippen LogP contribution in [0.1, 0.15) is 48.8 Å². The van der Waals surface area contributed by atoms with Gasteiger partial charge in [0.2, 0.25) is 5.91 Å². The molecule has 36 heavy (non-hydrogen) atoms. The van der Waals surface area contributed by atoms with E-state index in [4.69, 9.17) is 4.74 Å². The molecule has 7 heteroatoms. The molecular weight excluding hydrogens is 520 g/mol. The number of likely N-dealkylation sites (tertiary alicyclic amines) is 1. The second-order valence-electron chi connectivity index (χ2n) is 11.7. The molecule has 2 saturated carbocycles. The van der Waals surface area contributed by atoms with Crippen LogP contribution >= 0.6 is 15.9 Å². The van der Waals surface area contributed by atoms with Gasteiger partial charge in [0, 0.05) is 29.7 Å². The van der Waals surface area contributed by atoms with Crippen LogP contribution < -0.4 is 4.74 Å². The Hall–Kier alpha value is -2.09. The lowest BCUT2D eigenvalue weighted by atomic mass is 9.48. The van der Waals surface area contributed by atoms with Crippen molar-refractivity contribution in [3.63, 3.8) is 0 Å². The smallest absolute Gasteiger partial charge is 0.227 e. The van der Waals surface area contributed by atoms with E-state index < -0.39 is 11.0 Å². The van der Waals surface area contributed by atoms with Gasteiger partial charge in [-0.05, 0) is 74.2 Å². The predicted octanol–water partition coefficient (Wildman–Crippen LogP) is 3.79. The van der Waals surface area contributed by atoms with Gasteiger partial charge in [-0.3, -0.25) is 9.69 Å². The Balaban J connectivity index is 1.27. The van der Waals surface area contributed by atoms with E-state index in [1.807, 2.05) is 42.3 Å². The molecule has 2 bridgehead atoms. The number of benzene rings is 2. The standard InChI is InChI=1S/C29H33BrN2O4/c1-31(24(34)15-18-4-2-3-5-20(18)30)21-10-11-29(35)23-14-19-8-9-22(33)26-25(19)28(29,27(21)36-26)12-13-32(23)16-17-6-7-17/h2-5,8-9,17,21,23,27,33,35H,6-7,10-16H2,1H3/t21-,23-,27+,28+,29-/m1/s1. The second-order valence-corrected chi connectivity index (χ2v) is 12.5. The summed E-state index contributed by atoms with van der Waals surface area (Å²) in [4.78, 5) is 17.9. The molecule has 2 heterocycles. The lowest BCUT2D eigenvalue weighted by molar-refractivity contribution is -0.200. The number of amides is 1. The number of ether oxygens (including phenoxy) is 1. The van der Waals surface area contributed by atoms with E-state index >= 15 is 0 Å². The number of nitrogens with zero attached hydrogens (tertiary/aromatic N) is 2. The first-order valence-electron chi connectivity index (χ1n) is 13.3. The molecule has 0 unspecified atom stereocenters. The summed E-state index contributed by atoms with van der Waals surface area (Å²) in [7, 11) is 1.88. The monoisotopic (exact) mass is 552 g/mol. The number of phenolic OH excluding ortho intramolecular Hbond substituents is 1. The summed E-state index contributed by atoms with van der Waals surface area (Å²) in [6.07, 6.45) is 5.38. The number of hydrogen-bond donors (Lipinski definition) is 2. The molecular formula is C29H33BrN2O4. The summed E-state index contributed by atoms with van der Waals surface area (Å²) in [6.45, 7) is 1.97. The summed E-state index contributed by atoms with van der Waals surface area (Å²) in [5.74, 6) is 1.46. The summed E-state index contributed by atoms with van der Waals surface area (Å²) in [5.41, 5.74) is 1.61. The molecule has 2 aliphatic heterocycles. The quantitative estimate of drug-likeness (QED) is 0.590. The van der Waals surface area contributed by atoms with Crippen molar-refractivity contribution < 1.29 is 19.7 Å². The molecule has 2 aromatic carbocycles. The number of aliphatic hydroxyl groups is 1. The van der Waals surface area contributed by atoms with Crippen molar-refractivity contribution in [2.24, 2.45) is 5.92 Å². The number of carbonyl (C=O) groups is 1. The van der Waals surface area contributed by atoms with Gasteiger partial charge < -0.3 is 19.8 Å². The fraction of sp³-hybridized carbons (Fsp3) is 0.552. The van der Waals surface area contributed by atoms with E-state index in [0.717, 1.165) is 47.4 Å². The number of likely N-dealkylation sites (N-methyl/N-ethyl adjacent to an activating group) is 1. The van der Waals surface area contributed by atoms with Gasteiger partial charge >= 0.3 is 0 Å². The van der Waals surface area contributed by atoms with Gasteiger partial charge in [-0.15, -0.1) is 0 Å². The summed E-state index contributed by atoms with van der Waals surface area (Å²) in [6, 6.07) is 11.5. The number of halogens is 1. The molecule has 0 radical (unpaired) electrons. The zero-order valence-electron chi connectivity index (χ0n) is 20.6. The second kappa shape index (κ2) is 7.95. The van der Waals surface area contributed by atoms with E-state index in [9.17, 15) is 15.0 Å². The van der Waals surface area contributed by atoms with Gasteiger partial charge in [0.1, 0.15) is 6.10 Å². The molecule has 2 aromatic rings. The molecule has 5 aliphatic rings. The van der Waals surface area contributed by atoms with Crippen LogP contribution in [0, 0.1) is 5.92 Å². The Bertz CT molecular complexity index is 1250. The Kier molecular flexibility index (Phi) is 5.09. The third-order valence-corrected chi connectivity index (χ3v) is 10.7. The minimum Gasteiger partial charge on any atom is -0.504 e. The van der Waals surface area contributed by atoms with Gasteiger partial charge in [0.05, 0.1) is 23.5 Å². The maximum atomic E-state index is 13.5. The molecule has 1 amide bonds. The first-order valence-corrected chi connectivity index (χ1v) is 14.1. The molecule has 3 fully saturated rings. The van der Waals surface area contributed by atoms with Crippen molar-refractivity contribution in [1.82, 2.24) is 9.80 Å². The highest BCUT2D eigenvalue weighted by atomic mass is 79.9. The summed E-state index contributed by atoms with van der Waals surface area (Å²) in [5, 5.41) is 23.4. The average molecular weight is 553 g/mol. The van der Waals surface area contributed by atoms with Gasteiger partial charge in [-0.1, -0.05) is 40.2 Å². The van der Waals surface area contributed by atoms with Crippen LogP contribution in [0.4, 0.5) is 0 Å². The van der Waals surface area contributed by atoms with Gasteiger partial charge in [0.15, 0.2) is 11.5 Å². The third kappa shape index (κ3) is 3.05. The van der Waals surface area contributed by atoms with Crippen LogP contribution in [0.15, 0.2) is 40.9 Å². The van der Waals surface area contributed by atoms with Crippen molar-refractivity contribution >= 4 is 21.8 Å². The average Bonchev–Trinajstić information content (AvgIpc) is 3.60. The molecule has 2 N–H and O–H groups in total. The molecule has 3 aliphatic carbocycles. The van der Waals surface area contributed by atoms with E-state index in [0.29, 0.717) is 25.0 Å². The third-order valence-electron chi connectivity index (χ3n) is 9.92. The van der Waals surface area contributed by atoms with Crippen LogP contribution in [-0.4, -0.2) is 69.8 Å². The Morgan fingerprint density at radius 2 is 2.00 bits per heavy atom. The fourth-order valence-corrected chi connectivity index (χ4v) is 8.39. The maximum Gasteiger partial charge on any atom is 0.227 e. The first-order chi connectivity index (χ1) is 17.3. The number of rotatable bonds is 5. The molecule has 190 valence electrons. The van der Waals surface area contributed by atoms with E-state index in [2.05, 4.69) is 20.8 Å². The Morgan fingerprint density at radius 1 is 1.19 bits per heavy atom. The minimum absolute atomic E-state index is 0.0382. The molecule has 7 rings (SSSR count). The SMILES string of the molecule is CN(C(=O)Cc1ccccc1Br)[C@@H]1CC[C@@]2(O)[C@H]3Cc4ccc(O)c5c4[C@@]2(CCN3CC2CC2)[C@H]1O5. The van der Waals surface area contributed by atoms with Crippen molar-refractivity contribution in [3.05, 3.63) is 57.6 Å². The van der Waals surface area contributed by atoms with Crippen molar-refractivity contribution in [3.8, 4) is 11.5 Å². The van der Waals surface area contributed by atoms with Crippen LogP contribution in [0.3, 0.4) is 0 Å². The Labute approximate surface area is 220 Å². The topological polar surface area (TPSA) is 73.2 Å². The molecule has 6 nitrogen and oxygen atoms in total. The molecule has 0 aromatic heterocycles. The highest BCUT2D eigenvalue weighted by Crippen LogP contribution is 2.66. The number of hydrogen-bond acceptors (Lipinski definition) is 5. The van der Waals surface area contributed by atoms with Gasteiger partial charge in [-0.25, -0.2) is 0 Å². The van der Waals surface area contributed by atoms with Crippen LogP contribution in [0.2, 0.25) is 0 Å². The van der Waals surface area contributed by atoms with Crippen molar-refractivity contribution in [1.29, 1.82) is 0 Å². The number of piperidine rings is 1. The number of aromatic hydroxyl groups is 1. The van der Waals surface area contributed by atoms with E-state index in [1.165, 1.54) is 18.4 Å². The van der Waals surface area contributed by atoms with E-state index in [-0.39, 0.29) is 29.8 Å². The largest absolute Gasteiger partial charge is 0.504 e. The minimum atomic E-state index is -0.931. The van der Waals surface area contributed by atoms with Crippen LogP contribution in [0.5, 0.6) is 11.5 Å². The van der Waals surface area contributed by atoms with Gasteiger partial charge in [-0.2, -0.15) is 0 Å². The van der Waals surface area contributed by atoms with Crippen LogP contribution in [-0.2, 0) is 23.1 Å². The predicted molar refractivity (Wildman–Crippen MR) is 139 cm³/mol. The van der Waals surface area contributed by atoms with Crippen molar-refractivity contribution in [2.75, 3.05) is 20.1 Å². The first kappa shape index (κ1) is 23.1. The van der Waals surface area contributed by atoms with E-state index in [1.54, 1.807) is 6.07 Å². The zero-order valence-corrected chi connectivity index (χ0v) is 22.2. The number of carbonyl (C=O) groups excluding carboxylic acids is 1. The van der Waals surface area contributed by atoms with Crippen molar-refractivity contribution in [2.45, 2.75) is 74.1 Å². The lowest BCUT2D eigenvalue weighted by Gasteiger charge is -2.64. The normalized spacial score (nSPS) is 34.1. The zero-order chi connectivity index (χ0) is 24.8. The molecule has 5 atom stereocenters.